The van der Waals surface area contributed by atoms with Crippen LogP contribution in [-0.4, -0.2) is 35.8 Å². The largest absolute Gasteiger partial charge is 0.325 e. The van der Waals surface area contributed by atoms with Gasteiger partial charge in [-0.15, -0.1) is 0 Å². The third kappa shape index (κ3) is 2.89. The summed E-state index contributed by atoms with van der Waals surface area (Å²) in [4.78, 5) is 28.3. The molecule has 7 heteroatoms. The zero-order valence-corrected chi connectivity index (χ0v) is 10.5. The number of imide groups is 1. The molecule has 1 aromatic rings. The first-order valence-electron chi connectivity index (χ1n) is 5.78. The minimum absolute atomic E-state index is 0.0665. The van der Waals surface area contributed by atoms with Crippen LogP contribution < -0.4 is 16.6 Å². The number of guanidine groups is 1. The van der Waals surface area contributed by atoms with Crippen molar-refractivity contribution in [1.82, 2.24) is 10.3 Å². The number of likely N-dealkylation sites (tertiary alicyclic amines) is 1. The number of hydrogen-bond donors (Lipinski definition) is 3. The zero-order chi connectivity index (χ0) is 13.8. The molecule has 1 heterocycles. The standard InChI is InChI=1S/C12H15N5O2/c1-17-10(18)7-9(11(17)19)15-12(16-13)14-8-5-3-2-4-6-8/h2-6,9H,7,13H2,1H3,(H2,14,15,16). The number of rotatable bonds is 2. The molecule has 100 valence electrons. The molecular weight excluding hydrogens is 246 g/mol. The summed E-state index contributed by atoms with van der Waals surface area (Å²) in [6.07, 6.45) is 0.0665. The van der Waals surface area contributed by atoms with E-state index in [1.807, 2.05) is 30.3 Å². The summed E-state index contributed by atoms with van der Waals surface area (Å²) in [7, 11) is 1.44. The molecule has 0 bridgehead atoms. The van der Waals surface area contributed by atoms with E-state index in [9.17, 15) is 9.59 Å². The number of aliphatic imine (C=N–C) groups is 1. The van der Waals surface area contributed by atoms with Crippen LogP contribution in [0.2, 0.25) is 0 Å². The third-order valence-corrected chi connectivity index (χ3v) is 2.82. The van der Waals surface area contributed by atoms with E-state index in [1.165, 1.54) is 7.05 Å². The van der Waals surface area contributed by atoms with Crippen molar-refractivity contribution in [2.45, 2.75) is 12.5 Å². The normalized spacial score (nSPS) is 19.8. The molecule has 0 saturated carbocycles. The number of benzene rings is 1. The van der Waals surface area contributed by atoms with Crippen molar-refractivity contribution >= 4 is 23.5 Å². The summed E-state index contributed by atoms with van der Waals surface area (Å²) in [5, 5.41) is 2.94. The van der Waals surface area contributed by atoms with Crippen LogP contribution in [0.1, 0.15) is 6.42 Å². The Hall–Kier alpha value is -2.41. The van der Waals surface area contributed by atoms with Crippen LogP contribution in [0.5, 0.6) is 0 Å². The lowest BCUT2D eigenvalue weighted by atomic mass is 10.2. The molecule has 1 aliphatic rings. The molecule has 0 aliphatic carbocycles. The molecule has 1 aromatic carbocycles. The highest BCUT2D eigenvalue weighted by Crippen LogP contribution is 2.14. The van der Waals surface area contributed by atoms with Crippen LogP contribution in [0.25, 0.3) is 0 Å². The number of hydrazine groups is 1. The van der Waals surface area contributed by atoms with Crippen molar-refractivity contribution in [2.75, 3.05) is 12.4 Å². The van der Waals surface area contributed by atoms with Crippen LogP contribution in [0.15, 0.2) is 35.3 Å². The second-order valence-electron chi connectivity index (χ2n) is 4.12. The fourth-order valence-electron chi connectivity index (χ4n) is 1.76. The summed E-state index contributed by atoms with van der Waals surface area (Å²) >= 11 is 0. The Bertz CT molecular complexity index is 514. The van der Waals surface area contributed by atoms with Gasteiger partial charge in [0.2, 0.25) is 11.9 Å². The van der Waals surface area contributed by atoms with Crippen LogP contribution >= 0.6 is 0 Å². The number of hydrogen-bond acceptors (Lipinski definition) is 4. The highest BCUT2D eigenvalue weighted by atomic mass is 16.2. The first-order chi connectivity index (χ1) is 9.11. The molecule has 1 aliphatic heterocycles. The maximum absolute atomic E-state index is 11.7. The third-order valence-electron chi connectivity index (χ3n) is 2.82. The van der Waals surface area contributed by atoms with E-state index < -0.39 is 6.04 Å². The Kier molecular flexibility index (Phi) is 3.76. The van der Waals surface area contributed by atoms with Crippen molar-refractivity contribution in [2.24, 2.45) is 10.8 Å². The molecule has 0 radical (unpaired) electrons. The summed E-state index contributed by atoms with van der Waals surface area (Å²) in [5.74, 6) is 5.04. The van der Waals surface area contributed by atoms with Gasteiger partial charge in [0, 0.05) is 12.7 Å². The number of para-hydroxylation sites is 1. The van der Waals surface area contributed by atoms with E-state index in [0.717, 1.165) is 10.6 Å². The summed E-state index contributed by atoms with van der Waals surface area (Å²) in [5.41, 5.74) is 3.17. The molecular formula is C12H15N5O2. The quantitative estimate of drug-likeness (QED) is 0.223. The Morgan fingerprint density at radius 1 is 1.37 bits per heavy atom. The number of nitrogens with two attached hydrogens (primary N) is 1. The molecule has 0 spiro atoms. The second kappa shape index (κ2) is 5.49. The average molecular weight is 261 g/mol. The van der Waals surface area contributed by atoms with E-state index in [2.05, 4.69) is 15.7 Å². The zero-order valence-electron chi connectivity index (χ0n) is 10.5. The van der Waals surface area contributed by atoms with Gasteiger partial charge in [-0.25, -0.2) is 10.8 Å². The van der Waals surface area contributed by atoms with E-state index in [-0.39, 0.29) is 24.2 Å². The molecule has 1 unspecified atom stereocenters. The fraction of sp³-hybridized carbons (Fsp3) is 0.250. The van der Waals surface area contributed by atoms with Crippen LogP contribution in [0.4, 0.5) is 5.69 Å². The molecule has 1 saturated heterocycles. The molecule has 0 aromatic heterocycles. The van der Waals surface area contributed by atoms with Crippen molar-refractivity contribution in [3.05, 3.63) is 30.3 Å². The Morgan fingerprint density at radius 2 is 2.05 bits per heavy atom. The molecule has 1 atom stereocenters. The predicted molar refractivity (Wildman–Crippen MR) is 71.0 cm³/mol. The topological polar surface area (TPSA) is 99.8 Å². The van der Waals surface area contributed by atoms with Gasteiger partial charge in [-0.3, -0.25) is 19.9 Å². The minimum Gasteiger partial charge on any atom is -0.325 e. The lowest BCUT2D eigenvalue weighted by molar-refractivity contribution is -0.136. The van der Waals surface area contributed by atoms with Gasteiger partial charge in [0.15, 0.2) is 0 Å². The predicted octanol–water partition coefficient (Wildman–Crippen LogP) is -0.325. The molecule has 2 amide bonds. The molecule has 4 N–H and O–H groups in total. The van der Waals surface area contributed by atoms with E-state index in [0.29, 0.717) is 0 Å². The monoisotopic (exact) mass is 261 g/mol. The number of anilines is 1. The van der Waals surface area contributed by atoms with Gasteiger partial charge in [-0.05, 0) is 12.1 Å². The number of nitrogens with zero attached hydrogens (tertiary/aromatic N) is 2. The number of carbonyl (C=O) groups is 2. The minimum atomic E-state index is -0.722. The maximum Gasteiger partial charge on any atom is 0.254 e. The Balaban J connectivity index is 2.12. The van der Waals surface area contributed by atoms with Gasteiger partial charge in [-0.1, -0.05) is 18.2 Å². The molecule has 1 fully saturated rings. The highest BCUT2D eigenvalue weighted by molar-refractivity contribution is 6.06. The average Bonchev–Trinajstić information content (AvgIpc) is 2.67. The lowest BCUT2D eigenvalue weighted by Crippen LogP contribution is -2.38. The van der Waals surface area contributed by atoms with Crippen molar-refractivity contribution in [3.8, 4) is 0 Å². The molecule has 19 heavy (non-hydrogen) atoms. The lowest BCUT2D eigenvalue weighted by Gasteiger charge is -2.11. The van der Waals surface area contributed by atoms with E-state index in [1.54, 1.807) is 0 Å². The van der Waals surface area contributed by atoms with Gasteiger partial charge in [0.25, 0.3) is 5.91 Å². The van der Waals surface area contributed by atoms with Gasteiger partial charge < -0.3 is 5.32 Å². The van der Waals surface area contributed by atoms with Crippen LogP contribution in [0.3, 0.4) is 0 Å². The van der Waals surface area contributed by atoms with Crippen LogP contribution in [0, 0.1) is 0 Å². The number of nitrogens with one attached hydrogen (secondary N) is 2. The van der Waals surface area contributed by atoms with E-state index in [4.69, 9.17) is 5.84 Å². The van der Waals surface area contributed by atoms with Gasteiger partial charge in [0.1, 0.15) is 6.04 Å². The van der Waals surface area contributed by atoms with Crippen molar-refractivity contribution < 1.29 is 9.59 Å². The molecule has 7 nitrogen and oxygen atoms in total. The van der Waals surface area contributed by atoms with Crippen molar-refractivity contribution in [1.29, 1.82) is 0 Å². The highest BCUT2D eigenvalue weighted by Gasteiger charge is 2.36. The van der Waals surface area contributed by atoms with E-state index >= 15 is 0 Å². The summed E-state index contributed by atoms with van der Waals surface area (Å²) in [6, 6.07) is 8.54. The van der Waals surface area contributed by atoms with Crippen molar-refractivity contribution in [3.63, 3.8) is 0 Å². The number of likely N-dealkylation sites (N-methyl/N-ethyl adjacent to an activating group) is 1. The second-order valence-corrected chi connectivity index (χ2v) is 4.12. The maximum atomic E-state index is 11.7. The fourth-order valence-corrected chi connectivity index (χ4v) is 1.76. The summed E-state index contributed by atoms with van der Waals surface area (Å²) < 4.78 is 0. The van der Waals surface area contributed by atoms with Crippen LogP contribution in [-0.2, 0) is 9.59 Å². The number of carbonyl (C=O) groups excluding carboxylic acids is 2. The van der Waals surface area contributed by atoms with Gasteiger partial charge >= 0.3 is 0 Å². The first-order valence-corrected chi connectivity index (χ1v) is 5.78. The Morgan fingerprint density at radius 3 is 2.58 bits per heavy atom. The van der Waals surface area contributed by atoms with Gasteiger partial charge in [0.05, 0.1) is 6.42 Å². The van der Waals surface area contributed by atoms with Gasteiger partial charge in [-0.2, -0.15) is 0 Å². The summed E-state index contributed by atoms with van der Waals surface area (Å²) in [6.45, 7) is 0. The molecule has 2 rings (SSSR count). The smallest absolute Gasteiger partial charge is 0.254 e. The number of amides is 2. The first kappa shape index (κ1) is 13.0. The SMILES string of the molecule is CN1C(=O)CC(N=C(NN)Nc2ccccc2)C1=O. The Labute approximate surface area is 110 Å².